The maximum atomic E-state index is 12.5. The first kappa shape index (κ1) is 45.8. The minimum atomic E-state index is -4.37. The van der Waals surface area contributed by atoms with Gasteiger partial charge in [0.2, 0.25) is 0 Å². The van der Waals surface area contributed by atoms with Gasteiger partial charge in [-0.25, -0.2) is 4.57 Å². The van der Waals surface area contributed by atoms with E-state index in [1.807, 2.05) is 0 Å². The van der Waals surface area contributed by atoms with Crippen molar-refractivity contribution in [3.05, 3.63) is 12.2 Å². The average Bonchev–Trinajstić information content (AvgIpc) is 3.05. The number of rotatable bonds is 36. The summed E-state index contributed by atoms with van der Waals surface area (Å²) < 4.78 is 32.6. The fraction of sp³-hybridized carbons (Fsp3) is 0.892. The SMILES string of the molecule is CCCCCCCC/C=C/CCCCCCCC(=O)O[C@H](COC(=O)CCCCCCCCCCCCC)COP(=O)(O)OCCN. The number of phosphoric acid groups is 1. The molecule has 278 valence electrons. The van der Waals surface area contributed by atoms with Crippen LogP contribution in [0.15, 0.2) is 12.2 Å². The van der Waals surface area contributed by atoms with Crippen LogP contribution in [0, 0.1) is 0 Å². The molecule has 0 amide bonds. The standard InChI is InChI=1S/C37H72NO8P/c1-3-5-7-9-11-13-15-16-17-18-20-22-24-26-28-30-37(40)46-35(34-45-47(41,42)44-32-31-38)33-43-36(39)29-27-25-23-21-19-14-12-10-8-6-4-2/h16-17,35H,3-15,18-34,38H2,1-2H3,(H,41,42)/b17-16+/t35-/m1/s1. The van der Waals surface area contributed by atoms with Crippen molar-refractivity contribution in [3.8, 4) is 0 Å². The Bertz CT molecular complexity index is 794. The molecule has 0 spiro atoms. The Morgan fingerprint density at radius 2 is 1.04 bits per heavy atom. The smallest absolute Gasteiger partial charge is 0.462 e. The summed E-state index contributed by atoms with van der Waals surface area (Å²) in [6, 6.07) is 0. The second-order valence-corrected chi connectivity index (χ2v) is 14.3. The van der Waals surface area contributed by atoms with Gasteiger partial charge in [0.1, 0.15) is 6.61 Å². The Morgan fingerprint density at radius 3 is 1.51 bits per heavy atom. The molecule has 0 bridgehead atoms. The van der Waals surface area contributed by atoms with Crippen LogP contribution in [0.25, 0.3) is 0 Å². The topological polar surface area (TPSA) is 134 Å². The summed E-state index contributed by atoms with van der Waals surface area (Å²) in [5.74, 6) is -0.834. The molecule has 0 saturated carbocycles. The van der Waals surface area contributed by atoms with Crippen molar-refractivity contribution in [1.29, 1.82) is 0 Å². The number of ether oxygens (including phenoxy) is 2. The fourth-order valence-electron chi connectivity index (χ4n) is 5.28. The second-order valence-electron chi connectivity index (χ2n) is 12.8. The highest BCUT2D eigenvalue weighted by Gasteiger charge is 2.25. The van der Waals surface area contributed by atoms with Crippen LogP contribution in [0.5, 0.6) is 0 Å². The molecule has 1 unspecified atom stereocenters. The van der Waals surface area contributed by atoms with Crippen LogP contribution >= 0.6 is 7.82 Å². The summed E-state index contributed by atoms with van der Waals surface area (Å²) in [5.41, 5.74) is 5.33. The van der Waals surface area contributed by atoms with Crippen molar-refractivity contribution in [3.63, 3.8) is 0 Å². The van der Waals surface area contributed by atoms with Gasteiger partial charge >= 0.3 is 19.8 Å². The molecule has 0 aromatic rings. The van der Waals surface area contributed by atoms with Crippen molar-refractivity contribution in [2.45, 2.75) is 187 Å². The first-order valence-electron chi connectivity index (χ1n) is 19.2. The van der Waals surface area contributed by atoms with Gasteiger partial charge in [0.05, 0.1) is 13.2 Å². The number of carbonyl (C=O) groups excluding carboxylic acids is 2. The Kier molecular flexibility index (Phi) is 33.7. The average molecular weight is 690 g/mol. The van der Waals surface area contributed by atoms with E-state index in [0.29, 0.717) is 6.42 Å². The van der Waals surface area contributed by atoms with E-state index in [1.54, 1.807) is 0 Å². The highest BCUT2D eigenvalue weighted by atomic mass is 31.2. The van der Waals surface area contributed by atoms with Crippen LogP contribution in [-0.4, -0.2) is 49.3 Å². The number of hydrogen-bond acceptors (Lipinski definition) is 8. The number of esters is 2. The lowest BCUT2D eigenvalue weighted by Crippen LogP contribution is -2.29. The van der Waals surface area contributed by atoms with Crippen LogP contribution in [0.4, 0.5) is 0 Å². The predicted molar refractivity (Wildman–Crippen MR) is 192 cm³/mol. The van der Waals surface area contributed by atoms with E-state index in [0.717, 1.165) is 51.4 Å². The van der Waals surface area contributed by atoms with Crippen LogP contribution in [0.2, 0.25) is 0 Å². The van der Waals surface area contributed by atoms with Crippen molar-refractivity contribution >= 4 is 19.8 Å². The highest BCUT2D eigenvalue weighted by Crippen LogP contribution is 2.43. The van der Waals surface area contributed by atoms with Crippen molar-refractivity contribution in [1.82, 2.24) is 0 Å². The molecule has 0 aliphatic heterocycles. The molecule has 0 aromatic heterocycles. The van der Waals surface area contributed by atoms with Crippen molar-refractivity contribution < 1.29 is 37.6 Å². The summed E-state index contributed by atoms with van der Waals surface area (Å²) in [7, 11) is -4.37. The maximum absolute atomic E-state index is 12.5. The minimum Gasteiger partial charge on any atom is -0.462 e. The third-order valence-electron chi connectivity index (χ3n) is 8.15. The lowest BCUT2D eigenvalue weighted by molar-refractivity contribution is -0.161. The van der Waals surface area contributed by atoms with E-state index in [1.165, 1.54) is 96.3 Å². The first-order valence-corrected chi connectivity index (χ1v) is 20.7. The molecule has 3 N–H and O–H groups in total. The van der Waals surface area contributed by atoms with Crippen molar-refractivity contribution in [2.24, 2.45) is 5.73 Å². The molecule has 0 aliphatic rings. The van der Waals surface area contributed by atoms with Gasteiger partial charge in [-0.2, -0.15) is 0 Å². The van der Waals surface area contributed by atoms with E-state index < -0.39 is 26.5 Å². The third-order valence-corrected chi connectivity index (χ3v) is 9.14. The van der Waals surface area contributed by atoms with Gasteiger partial charge in [-0.15, -0.1) is 0 Å². The molecule has 0 fully saturated rings. The minimum absolute atomic E-state index is 0.0545. The second kappa shape index (κ2) is 34.6. The molecule has 9 nitrogen and oxygen atoms in total. The molecule has 0 radical (unpaired) electrons. The largest absolute Gasteiger partial charge is 0.472 e. The van der Waals surface area contributed by atoms with Gasteiger partial charge in [-0.3, -0.25) is 18.6 Å². The molecule has 0 aliphatic carbocycles. The monoisotopic (exact) mass is 689 g/mol. The zero-order valence-corrected chi connectivity index (χ0v) is 31.2. The zero-order valence-electron chi connectivity index (χ0n) is 30.3. The predicted octanol–water partition coefficient (Wildman–Crippen LogP) is 10.3. The molecule has 0 heterocycles. The van der Waals surface area contributed by atoms with Crippen molar-refractivity contribution in [2.75, 3.05) is 26.4 Å². The molecule has 0 saturated heterocycles. The Hall–Kier alpha value is -1.25. The molecule has 47 heavy (non-hydrogen) atoms. The number of phosphoric ester groups is 1. The molecular weight excluding hydrogens is 617 g/mol. The normalized spacial score (nSPS) is 13.5. The van der Waals surface area contributed by atoms with E-state index in [4.69, 9.17) is 24.3 Å². The van der Waals surface area contributed by atoms with E-state index in [-0.39, 0.29) is 38.6 Å². The first-order chi connectivity index (χ1) is 22.8. The molecule has 10 heteroatoms. The summed E-state index contributed by atoms with van der Waals surface area (Å²) in [4.78, 5) is 34.7. The number of carbonyl (C=O) groups is 2. The highest BCUT2D eigenvalue weighted by molar-refractivity contribution is 7.47. The summed E-state index contributed by atoms with van der Waals surface area (Å²) in [6.07, 6.45) is 32.4. The van der Waals surface area contributed by atoms with Crippen LogP contribution in [0.3, 0.4) is 0 Å². The van der Waals surface area contributed by atoms with Crippen LogP contribution in [-0.2, 0) is 32.7 Å². The lowest BCUT2D eigenvalue weighted by atomic mass is 10.1. The van der Waals surface area contributed by atoms with E-state index >= 15 is 0 Å². The number of allylic oxidation sites excluding steroid dienone is 2. The molecule has 0 aromatic carbocycles. The van der Waals surface area contributed by atoms with E-state index in [2.05, 4.69) is 26.0 Å². The third kappa shape index (κ3) is 34.4. The van der Waals surface area contributed by atoms with Gasteiger partial charge in [-0.05, 0) is 38.5 Å². The number of nitrogens with two attached hydrogens (primary N) is 1. The number of unbranched alkanes of at least 4 members (excludes halogenated alkanes) is 21. The molecule has 0 rings (SSSR count). The summed E-state index contributed by atoms with van der Waals surface area (Å²) >= 11 is 0. The zero-order chi connectivity index (χ0) is 34.7. The van der Waals surface area contributed by atoms with Crippen LogP contribution < -0.4 is 5.73 Å². The number of hydrogen-bond donors (Lipinski definition) is 2. The Labute approximate surface area is 288 Å². The van der Waals surface area contributed by atoms with Gasteiger partial charge in [0, 0.05) is 19.4 Å². The maximum Gasteiger partial charge on any atom is 0.472 e. The lowest BCUT2D eigenvalue weighted by Gasteiger charge is -2.19. The van der Waals surface area contributed by atoms with Gasteiger partial charge in [0.15, 0.2) is 6.10 Å². The van der Waals surface area contributed by atoms with E-state index in [9.17, 15) is 19.0 Å². The molecule has 2 atom stereocenters. The Balaban J connectivity index is 4.22. The Morgan fingerprint density at radius 1 is 0.617 bits per heavy atom. The van der Waals surface area contributed by atoms with Gasteiger partial charge in [-0.1, -0.05) is 142 Å². The van der Waals surface area contributed by atoms with Crippen LogP contribution in [0.1, 0.15) is 181 Å². The van der Waals surface area contributed by atoms with Gasteiger partial charge in [0.25, 0.3) is 0 Å². The summed E-state index contributed by atoms with van der Waals surface area (Å²) in [6.45, 7) is 3.71. The molecular formula is C37H72NO8P. The fourth-order valence-corrected chi connectivity index (χ4v) is 6.04. The van der Waals surface area contributed by atoms with Gasteiger partial charge < -0.3 is 20.1 Å². The summed E-state index contributed by atoms with van der Waals surface area (Å²) in [5, 5.41) is 0. The quantitative estimate of drug-likeness (QED) is 0.0285.